The molecule has 0 radical (unpaired) electrons. The molecule has 3 heteroatoms. The Labute approximate surface area is 114 Å². The average Bonchev–Trinajstić information content (AvgIpc) is 2.38. The molecule has 0 aliphatic heterocycles. The number of carbonyl (C=O) groups is 1. The summed E-state index contributed by atoms with van der Waals surface area (Å²) in [5, 5.41) is 9.15. The summed E-state index contributed by atoms with van der Waals surface area (Å²) in [6, 6.07) is 14.0. The number of phenolic OH excluding ortho intramolecular Hbond substituents is 1. The molecule has 0 unspecified atom stereocenters. The summed E-state index contributed by atoms with van der Waals surface area (Å²) in [6.07, 6.45) is 3.24. The first-order valence-electron chi connectivity index (χ1n) is 5.43. The van der Waals surface area contributed by atoms with Crippen LogP contribution in [0.5, 0.6) is 5.75 Å². The van der Waals surface area contributed by atoms with E-state index in [0.717, 1.165) is 10.0 Å². The second-order valence-electron chi connectivity index (χ2n) is 3.77. The number of aromatic hydroxyl groups is 1. The summed E-state index contributed by atoms with van der Waals surface area (Å²) in [5.74, 6) is 0.153. The zero-order valence-electron chi connectivity index (χ0n) is 9.51. The SMILES string of the molecule is O=C(/C=C/c1ccc(O)cc1)c1ccccc1Br. The Bertz CT molecular complexity index is 586. The molecule has 0 spiro atoms. The number of halogens is 1. The third kappa shape index (κ3) is 3.08. The molecule has 2 nitrogen and oxygen atoms in total. The summed E-state index contributed by atoms with van der Waals surface area (Å²) in [6.45, 7) is 0. The molecule has 0 saturated heterocycles. The average molecular weight is 303 g/mol. The fourth-order valence-corrected chi connectivity index (χ4v) is 1.99. The predicted octanol–water partition coefficient (Wildman–Crippen LogP) is 4.05. The molecular formula is C15H11BrO2. The third-order valence-electron chi connectivity index (χ3n) is 2.46. The second kappa shape index (κ2) is 5.65. The normalized spacial score (nSPS) is 10.7. The van der Waals surface area contributed by atoms with Crippen molar-refractivity contribution < 1.29 is 9.90 Å². The van der Waals surface area contributed by atoms with Gasteiger partial charge in [-0.15, -0.1) is 0 Å². The van der Waals surface area contributed by atoms with Crippen LogP contribution in [-0.4, -0.2) is 10.9 Å². The van der Waals surface area contributed by atoms with Crippen LogP contribution in [0.1, 0.15) is 15.9 Å². The minimum Gasteiger partial charge on any atom is -0.508 e. The Morgan fingerprint density at radius 2 is 1.72 bits per heavy atom. The van der Waals surface area contributed by atoms with Crippen molar-refractivity contribution in [3.63, 3.8) is 0 Å². The first-order chi connectivity index (χ1) is 8.66. The molecule has 1 N–H and O–H groups in total. The lowest BCUT2D eigenvalue weighted by Crippen LogP contribution is -1.94. The Balaban J connectivity index is 2.17. The highest BCUT2D eigenvalue weighted by atomic mass is 79.9. The van der Waals surface area contributed by atoms with Gasteiger partial charge in [0.25, 0.3) is 0 Å². The highest BCUT2D eigenvalue weighted by Crippen LogP contribution is 2.17. The predicted molar refractivity (Wildman–Crippen MR) is 75.6 cm³/mol. The van der Waals surface area contributed by atoms with E-state index in [1.807, 2.05) is 18.2 Å². The summed E-state index contributed by atoms with van der Waals surface area (Å²) < 4.78 is 0.783. The standard InChI is InChI=1S/C15H11BrO2/c16-14-4-2-1-3-13(14)15(18)10-7-11-5-8-12(17)9-6-11/h1-10,17H/b10-7+. The fourth-order valence-electron chi connectivity index (χ4n) is 1.51. The third-order valence-corrected chi connectivity index (χ3v) is 3.15. The topological polar surface area (TPSA) is 37.3 Å². The molecule has 0 aliphatic carbocycles. The van der Waals surface area contributed by atoms with Crippen LogP contribution in [0.4, 0.5) is 0 Å². The Hall–Kier alpha value is -1.87. The van der Waals surface area contributed by atoms with Crippen LogP contribution in [0, 0.1) is 0 Å². The molecule has 2 aromatic carbocycles. The smallest absolute Gasteiger partial charge is 0.186 e. The van der Waals surface area contributed by atoms with Gasteiger partial charge in [-0.2, -0.15) is 0 Å². The van der Waals surface area contributed by atoms with E-state index in [1.165, 1.54) is 6.08 Å². The van der Waals surface area contributed by atoms with Crippen LogP contribution < -0.4 is 0 Å². The molecule has 0 atom stereocenters. The van der Waals surface area contributed by atoms with Gasteiger partial charge in [-0.1, -0.05) is 46.3 Å². The van der Waals surface area contributed by atoms with Gasteiger partial charge in [0.15, 0.2) is 5.78 Å². The lowest BCUT2D eigenvalue weighted by atomic mass is 10.1. The molecule has 0 fully saturated rings. The van der Waals surface area contributed by atoms with Crippen LogP contribution in [0.25, 0.3) is 6.08 Å². The van der Waals surface area contributed by atoms with Gasteiger partial charge in [0.05, 0.1) is 0 Å². The number of hydrogen-bond acceptors (Lipinski definition) is 2. The minimum atomic E-state index is -0.0597. The maximum atomic E-state index is 11.9. The quantitative estimate of drug-likeness (QED) is 0.686. The molecule has 2 rings (SSSR count). The fraction of sp³-hybridized carbons (Fsp3) is 0. The number of ketones is 1. The van der Waals surface area contributed by atoms with E-state index in [0.29, 0.717) is 5.56 Å². The molecule has 0 aliphatic rings. The van der Waals surface area contributed by atoms with E-state index in [1.54, 1.807) is 36.4 Å². The number of rotatable bonds is 3. The molecule has 0 bridgehead atoms. The van der Waals surface area contributed by atoms with E-state index in [2.05, 4.69) is 15.9 Å². The monoisotopic (exact) mass is 302 g/mol. The second-order valence-corrected chi connectivity index (χ2v) is 4.62. The van der Waals surface area contributed by atoms with Crippen molar-refractivity contribution >= 4 is 27.8 Å². The van der Waals surface area contributed by atoms with Gasteiger partial charge in [-0.3, -0.25) is 4.79 Å². The van der Waals surface area contributed by atoms with E-state index in [9.17, 15) is 4.79 Å². The van der Waals surface area contributed by atoms with Crippen LogP contribution in [0.2, 0.25) is 0 Å². The van der Waals surface area contributed by atoms with Crippen molar-refractivity contribution in [3.8, 4) is 5.75 Å². The van der Waals surface area contributed by atoms with Crippen molar-refractivity contribution in [2.24, 2.45) is 0 Å². The summed E-state index contributed by atoms with van der Waals surface area (Å²) in [4.78, 5) is 11.9. The van der Waals surface area contributed by atoms with E-state index in [4.69, 9.17) is 5.11 Å². The molecule has 2 aromatic rings. The molecular weight excluding hydrogens is 292 g/mol. The largest absolute Gasteiger partial charge is 0.508 e. The number of allylic oxidation sites excluding steroid dienone is 1. The highest BCUT2D eigenvalue weighted by molar-refractivity contribution is 9.10. The first-order valence-corrected chi connectivity index (χ1v) is 6.22. The van der Waals surface area contributed by atoms with E-state index < -0.39 is 0 Å². The van der Waals surface area contributed by atoms with Crippen molar-refractivity contribution in [1.82, 2.24) is 0 Å². The van der Waals surface area contributed by atoms with Gasteiger partial charge in [0.2, 0.25) is 0 Å². The van der Waals surface area contributed by atoms with Crippen LogP contribution in [0.15, 0.2) is 59.1 Å². The zero-order chi connectivity index (χ0) is 13.0. The molecule has 90 valence electrons. The number of benzene rings is 2. The van der Waals surface area contributed by atoms with Gasteiger partial charge >= 0.3 is 0 Å². The Morgan fingerprint density at radius 3 is 2.39 bits per heavy atom. The molecule has 0 aromatic heterocycles. The number of carbonyl (C=O) groups excluding carboxylic acids is 1. The van der Waals surface area contributed by atoms with Crippen molar-refractivity contribution in [3.05, 3.63) is 70.2 Å². The van der Waals surface area contributed by atoms with Gasteiger partial charge < -0.3 is 5.11 Å². The summed E-state index contributed by atoms with van der Waals surface area (Å²) in [7, 11) is 0. The van der Waals surface area contributed by atoms with Crippen LogP contribution in [0.3, 0.4) is 0 Å². The van der Waals surface area contributed by atoms with E-state index >= 15 is 0 Å². The Kier molecular flexibility index (Phi) is 3.95. The van der Waals surface area contributed by atoms with Crippen molar-refractivity contribution in [2.75, 3.05) is 0 Å². The summed E-state index contributed by atoms with van der Waals surface area (Å²) >= 11 is 3.34. The van der Waals surface area contributed by atoms with Gasteiger partial charge in [0, 0.05) is 10.0 Å². The van der Waals surface area contributed by atoms with Gasteiger partial charge in [0.1, 0.15) is 5.75 Å². The molecule has 18 heavy (non-hydrogen) atoms. The number of phenols is 1. The van der Waals surface area contributed by atoms with Gasteiger partial charge in [-0.05, 0) is 35.9 Å². The molecule has 0 amide bonds. The molecule has 0 saturated carbocycles. The summed E-state index contributed by atoms with van der Waals surface area (Å²) in [5.41, 5.74) is 1.50. The Morgan fingerprint density at radius 1 is 1.06 bits per heavy atom. The van der Waals surface area contributed by atoms with Crippen LogP contribution >= 0.6 is 15.9 Å². The zero-order valence-corrected chi connectivity index (χ0v) is 11.1. The number of hydrogen-bond donors (Lipinski definition) is 1. The maximum Gasteiger partial charge on any atom is 0.186 e. The maximum absolute atomic E-state index is 11.9. The minimum absolute atomic E-state index is 0.0597. The van der Waals surface area contributed by atoms with Crippen molar-refractivity contribution in [2.45, 2.75) is 0 Å². The van der Waals surface area contributed by atoms with Crippen LogP contribution in [-0.2, 0) is 0 Å². The van der Waals surface area contributed by atoms with E-state index in [-0.39, 0.29) is 11.5 Å². The first kappa shape index (κ1) is 12.6. The lowest BCUT2D eigenvalue weighted by Gasteiger charge is -1.99. The highest BCUT2D eigenvalue weighted by Gasteiger charge is 2.05. The molecule has 0 heterocycles. The van der Waals surface area contributed by atoms with Gasteiger partial charge in [-0.25, -0.2) is 0 Å². The van der Waals surface area contributed by atoms with Crippen molar-refractivity contribution in [1.29, 1.82) is 0 Å². The lowest BCUT2D eigenvalue weighted by molar-refractivity contribution is 0.104.